The zero-order chi connectivity index (χ0) is 52.2. The maximum absolute atomic E-state index is 15.4. The number of rotatable bonds is 21. The summed E-state index contributed by atoms with van der Waals surface area (Å²) in [5, 5.41) is 16.6. The lowest BCUT2D eigenvalue weighted by atomic mass is 10.00. The van der Waals surface area contributed by atoms with E-state index in [0.717, 1.165) is 67.9 Å². The van der Waals surface area contributed by atoms with Crippen LogP contribution >= 0.6 is 0 Å². The van der Waals surface area contributed by atoms with Gasteiger partial charge in [-0.25, -0.2) is 14.4 Å². The minimum Gasteiger partial charge on any atom is -0.392 e. The van der Waals surface area contributed by atoms with Crippen molar-refractivity contribution in [1.29, 1.82) is 0 Å². The smallest absolute Gasteiger partial charge is 0.293 e. The van der Waals surface area contributed by atoms with Gasteiger partial charge in [0.2, 0.25) is 11.8 Å². The van der Waals surface area contributed by atoms with Gasteiger partial charge in [0.1, 0.15) is 24.3 Å². The van der Waals surface area contributed by atoms with Gasteiger partial charge in [-0.3, -0.25) is 43.6 Å². The first-order chi connectivity index (χ1) is 36.4. The number of nitrogens with one attached hydrogen (secondary N) is 2. The van der Waals surface area contributed by atoms with Crippen LogP contribution in [0.2, 0.25) is 0 Å². The molecule has 10 rings (SSSR count). The maximum atomic E-state index is 15.4. The molecule has 19 heteroatoms. The molecule has 3 N–H and O–H groups in total. The van der Waals surface area contributed by atoms with Crippen LogP contribution in [0.15, 0.2) is 94.9 Å². The monoisotopic (exact) mass is 1020 g/mol. The topological polar surface area (TPSA) is 211 Å². The summed E-state index contributed by atoms with van der Waals surface area (Å²) in [4.78, 5) is 92.2. The van der Waals surface area contributed by atoms with E-state index in [9.17, 15) is 33.9 Å². The second-order valence-electron chi connectivity index (χ2n) is 19.7. The number of aryl methyl sites for hydroxylation is 2. The van der Waals surface area contributed by atoms with Crippen LogP contribution in [0.3, 0.4) is 0 Å². The highest BCUT2D eigenvalue weighted by Crippen LogP contribution is 2.41. The number of nitrogens with zero attached hydrogens (tertiary/aromatic N) is 7. The summed E-state index contributed by atoms with van der Waals surface area (Å²) in [6, 6.07) is 18.9. The molecule has 0 bridgehead atoms. The first-order valence-corrected chi connectivity index (χ1v) is 25.7. The molecule has 3 aliphatic heterocycles. The molecule has 3 aromatic carbocycles. The van der Waals surface area contributed by atoms with Crippen LogP contribution in [-0.4, -0.2) is 123 Å². The van der Waals surface area contributed by atoms with Crippen molar-refractivity contribution in [2.45, 2.75) is 76.5 Å². The molecule has 18 nitrogen and oxygen atoms in total. The molecular formula is C56H60FN9O9. The molecule has 0 spiro atoms. The first kappa shape index (κ1) is 51.1. The fourth-order valence-electron chi connectivity index (χ4n) is 10.4. The number of Topliss-reactive ketones (excluding diaryl/α,β-unsaturated/α-hetero) is 1. The molecular weight excluding hydrogens is 962 g/mol. The predicted molar refractivity (Wildman–Crippen MR) is 279 cm³/mol. The van der Waals surface area contributed by atoms with E-state index >= 15 is 4.39 Å². The number of carbonyl (C=O) groups excluding carboxylic acids is 4. The zero-order valence-electron chi connectivity index (χ0n) is 41.9. The van der Waals surface area contributed by atoms with Crippen molar-refractivity contribution in [3.05, 3.63) is 140 Å². The van der Waals surface area contributed by atoms with Crippen molar-refractivity contribution in [3.63, 3.8) is 0 Å². The highest BCUT2D eigenvalue weighted by atomic mass is 19.1. The number of piperidine rings is 1. The van der Waals surface area contributed by atoms with Gasteiger partial charge in [0, 0.05) is 101 Å². The SMILES string of the molecule is Cn1cc(-c2cccc(-n3ccc4cc(C5CC5)cc(F)c4c3=O)c2CO)nc(Nc2ccc(N3CCN(CCOCCCC(=O)COCCCc4cccc5c4CN(C4CCC(=O)NC4=O)C5=O)CC3)cn2)c1=O. The number of imide groups is 1. The Morgan fingerprint density at radius 2 is 1.69 bits per heavy atom. The number of piperazine rings is 1. The third-order valence-corrected chi connectivity index (χ3v) is 14.6. The summed E-state index contributed by atoms with van der Waals surface area (Å²) in [5.74, 6) is -0.718. The molecule has 75 heavy (non-hydrogen) atoms. The van der Waals surface area contributed by atoms with Crippen LogP contribution in [0.1, 0.15) is 83.5 Å². The number of ether oxygens (including phenoxy) is 2. The lowest BCUT2D eigenvalue weighted by molar-refractivity contribution is -0.137. The molecule has 4 aliphatic rings. The Morgan fingerprint density at radius 3 is 2.47 bits per heavy atom. The molecule has 1 atom stereocenters. The summed E-state index contributed by atoms with van der Waals surface area (Å²) in [6.07, 6.45) is 9.78. The van der Waals surface area contributed by atoms with E-state index in [1.54, 1.807) is 66.9 Å². The average Bonchev–Trinajstić information content (AvgIpc) is 4.22. The van der Waals surface area contributed by atoms with E-state index in [0.29, 0.717) is 104 Å². The summed E-state index contributed by atoms with van der Waals surface area (Å²) in [6.45, 7) is 5.37. The van der Waals surface area contributed by atoms with Gasteiger partial charge in [-0.05, 0) is 103 Å². The number of ketones is 1. The lowest BCUT2D eigenvalue weighted by Crippen LogP contribution is -2.52. The molecule has 3 fully saturated rings. The summed E-state index contributed by atoms with van der Waals surface area (Å²) in [5.41, 5.74) is 5.04. The van der Waals surface area contributed by atoms with Gasteiger partial charge in [-0.15, -0.1) is 0 Å². The van der Waals surface area contributed by atoms with Crippen LogP contribution in [-0.2, 0) is 50.5 Å². The van der Waals surface area contributed by atoms with E-state index in [1.165, 1.54) is 15.2 Å². The highest BCUT2D eigenvalue weighted by Gasteiger charge is 2.39. The van der Waals surface area contributed by atoms with Gasteiger partial charge in [0.25, 0.3) is 17.0 Å². The maximum Gasteiger partial charge on any atom is 0.293 e. The molecule has 0 radical (unpaired) electrons. The second-order valence-corrected chi connectivity index (χ2v) is 19.7. The van der Waals surface area contributed by atoms with Crippen molar-refractivity contribution in [2.24, 2.45) is 7.05 Å². The number of pyridine rings is 2. The molecule has 3 amide bonds. The molecule has 390 valence electrons. The van der Waals surface area contributed by atoms with Gasteiger partial charge >= 0.3 is 0 Å². The summed E-state index contributed by atoms with van der Waals surface area (Å²) >= 11 is 0. The Bertz CT molecular complexity index is 3280. The number of fused-ring (bicyclic) bond motifs is 2. The third-order valence-electron chi connectivity index (χ3n) is 14.6. The third kappa shape index (κ3) is 11.3. The number of amides is 3. The van der Waals surface area contributed by atoms with Crippen molar-refractivity contribution < 1.29 is 38.1 Å². The van der Waals surface area contributed by atoms with E-state index in [2.05, 4.69) is 30.4 Å². The number of hydrogen-bond donors (Lipinski definition) is 3. The molecule has 6 aromatic rings. The Labute approximate surface area is 432 Å². The molecule has 2 saturated heterocycles. The second kappa shape index (κ2) is 22.6. The fourth-order valence-corrected chi connectivity index (χ4v) is 10.4. The van der Waals surface area contributed by atoms with Crippen molar-refractivity contribution >= 4 is 51.6 Å². The minimum atomic E-state index is -0.655. The Morgan fingerprint density at radius 1 is 0.893 bits per heavy atom. The predicted octanol–water partition coefficient (Wildman–Crippen LogP) is 5.30. The number of halogens is 1. The van der Waals surface area contributed by atoms with Crippen molar-refractivity contribution in [3.8, 4) is 16.9 Å². The van der Waals surface area contributed by atoms with Crippen LogP contribution in [0.4, 0.5) is 21.7 Å². The van der Waals surface area contributed by atoms with Crippen LogP contribution in [0.5, 0.6) is 0 Å². The number of hydrogen-bond acceptors (Lipinski definition) is 14. The number of aliphatic hydroxyl groups is 1. The fraction of sp³-hybridized carbons (Fsp3) is 0.393. The molecule has 1 saturated carbocycles. The highest BCUT2D eigenvalue weighted by molar-refractivity contribution is 6.05. The minimum absolute atomic E-state index is 0.0155. The van der Waals surface area contributed by atoms with E-state index in [1.807, 2.05) is 24.3 Å². The number of anilines is 3. The summed E-state index contributed by atoms with van der Waals surface area (Å²) < 4.78 is 29.7. The molecule has 6 heterocycles. The molecule has 1 aliphatic carbocycles. The van der Waals surface area contributed by atoms with Gasteiger partial charge < -0.3 is 34.3 Å². The molecule has 3 aromatic heterocycles. The van der Waals surface area contributed by atoms with Crippen molar-refractivity contribution in [2.75, 3.05) is 69.4 Å². The first-order valence-electron chi connectivity index (χ1n) is 25.7. The largest absolute Gasteiger partial charge is 0.392 e. The summed E-state index contributed by atoms with van der Waals surface area (Å²) in [7, 11) is 1.61. The van der Waals surface area contributed by atoms with Crippen LogP contribution < -0.4 is 26.7 Å². The van der Waals surface area contributed by atoms with Crippen LogP contribution in [0, 0.1) is 5.82 Å². The van der Waals surface area contributed by atoms with Gasteiger partial charge in [-0.1, -0.05) is 30.3 Å². The lowest BCUT2D eigenvalue weighted by Gasteiger charge is -2.35. The Balaban J connectivity index is 0.639. The average molecular weight is 1020 g/mol. The number of benzene rings is 3. The van der Waals surface area contributed by atoms with E-state index in [-0.39, 0.29) is 41.8 Å². The van der Waals surface area contributed by atoms with E-state index < -0.39 is 35.5 Å². The zero-order valence-corrected chi connectivity index (χ0v) is 41.9. The Hall–Kier alpha value is -7.45. The standard InChI is InChI=1S/C56H60FN9O9/c1-62-32-46(41-9-3-11-47(44(41)33-67)65-19-18-37-28-38(35-12-13-35)29-45(57)51(37)55(65)72)59-52(56(62)73)60-49-16-14-39(30-58-49)64-22-20-63(21-23-64)24-27-74-25-5-8-40(68)34-75-26-4-7-36-6-2-10-42-43(36)31-66(54(42)71)48-15-17-50(69)61-53(48)70/h2-3,6,9-11,14,16,18-19,28-30,32,35,48,67H,4-5,7-8,12-13,15,17,20-27,31,33-34H2,1H3,(H,58,59,60)(H,61,69,70). The quantitative estimate of drug-likeness (QED) is 0.0618. The number of aliphatic hydroxyl groups excluding tert-OH is 1. The van der Waals surface area contributed by atoms with Gasteiger partial charge in [-0.2, -0.15) is 0 Å². The van der Waals surface area contributed by atoms with Crippen LogP contribution in [0.25, 0.3) is 27.7 Å². The van der Waals surface area contributed by atoms with Gasteiger partial charge in [0.15, 0.2) is 11.6 Å². The number of carbonyl (C=O) groups is 4. The van der Waals surface area contributed by atoms with Gasteiger partial charge in [0.05, 0.1) is 41.9 Å². The normalized spacial score (nSPS) is 16.9. The Kier molecular flexibility index (Phi) is 15.4. The van der Waals surface area contributed by atoms with E-state index in [4.69, 9.17) is 9.47 Å². The molecule has 1 unspecified atom stereocenters. The van der Waals surface area contributed by atoms with Crippen molar-refractivity contribution in [1.82, 2.24) is 34.2 Å². The number of aromatic nitrogens is 4.